The zero-order valence-corrected chi connectivity index (χ0v) is 12.0. The molecule has 0 aliphatic rings. The van der Waals surface area contributed by atoms with Gasteiger partial charge in [0, 0.05) is 13.0 Å². The van der Waals surface area contributed by atoms with Crippen LogP contribution in [0.25, 0.3) is 0 Å². The van der Waals surface area contributed by atoms with Crippen molar-refractivity contribution in [2.75, 3.05) is 6.54 Å². The molecule has 0 saturated carbocycles. The summed E-state index contributed by atoms with van der Waals surface area (Å²) in [5.74, 6) is 1.61. The van der Waals surface area contributed by atoms with E-state index in [-0.39, 0.29) is 5.91 Å². The second-order valence-electron chi connectivity index (χ2n) is 5.59. The maximum Gasteiger partial charge on any atom is 0.226 e. The maximum absolute atomic E-state index is 11.9. The number of amides is 1. The van der Waals surface area contributed by atoms with Gasteiger partial charge in [-0.25, -0.2) is 0 Å². The van der Waals surface area contributed by atoms with Crippen LogP contribution in [0.1, 0.15) is 59.8 Å². The van der Waals surface area contributed by atoms with E-state index in [0.29, 0.717) is 18.3 Å². The monoisotopic (exact) mass is 239 g/mol. The van der Waals surface area contributed by atoms with Gasteiger partial charge in [-0.05, 0) is 37.3 Å². The SMILES string of the molecule is C=CN(CCCC(C)C)C(=O)CCCC(C)C. The fourth-order valence-electron chi connectivity index (χ4n) is 1.79. The predicted molar refractivity (Wildman–Crippen MR) is 74.7 cm³/mol. The van der Waals surface area contributed by atoms with Gasteiger partial charge in [-0.3, -0.25) is 4.79 Å². The lowest BCUT2D eigenvalue weighted by Crippen LogP contribution is -2.26. The molecule has 0 spiro atoms. The molecule has 0 N–H and O–H groups in total. The van der Waals surface area contributed by atoms with E-state index < -0.39 is 0 Å². The molecule has 0 atom stereocenters. The minimum absolute atomic E-state index is 0.226. The Hall–Kier alpha value is -0.790. The smallest absolute Gasteiger partial charge is 0.226 e. The molecule has 0 aromatic heterocycles. The van der Waals surface area contributed by atoms with Crippen LogP contribution in [0.2, 0.25) is 0 Å². The van der Waals surface area contributed by atoms with Crippen molar-refractivity contribution in [2.24, 2.45) is 11.8 Å². The Balaban J connectivity index is 3.83. The van der Waals surface area contributed by atoms with Crippen LogP contribution in [0.3, 0.4) is 0 Å². The molecule has 0 aliphatic heterocycles. The van der Waals surface area contributed by atoms with Gasteiger partial charge in [-0.2, -0.15) is 0 Å². The van der Waals surface area contributed by atoms with E-state index >= 15 is 0 Å². The lowest BCUT2D eigenvalue weighted by atomic mass is 10.1. The molecule has 0 aromatic carbocycles. The summed E-state index contributed by atoms with van der Waals surface area (Å²) in [5, 5.41) is 0. The summed E-state index contributed by atoms with van der Waals surface area (Å²) in [4.78, 5) is 13.7. The summed E-state index contributed by atoms with van der Waals surface area (Å²) in [5.41, 5.74) is 0. The number of hydrogen-bond donors (Lipinski definition) is 0. The average Bonchev–Trinajstić information content (AvgIpc) is 2.23. The Labute approximate surface area is 107 Å². The lowest BCUT2D eigenvalue weighted by Gasteiger charge is -2.18. The first kappa shape index (κ1) is 16.2. The van der Waals surface area contributed by atoms with Crippen LogP contribution >= 0.6 is 0 Å². The highest BCUT2D eigenvalue weighted by molar-refractivity contribution is 5.77. The molecular formula is C15H29NO. The molecule has 0 fully saturated rings. The molecule has 0 bridgehead atoms. The van der Waals surface area contributed by atoms with Crippen LogP contribution < -0.4 is 0 Å². The fourth-order valence-corrected chi connectivity index (χ4v) is 1.79. The highest BCUT2D eigenvalue weighted by atomic mass is 16.2. The van der Waals surface area contributed by atoms with Crippen LogP contribution in [0, 0.1) is 11.8 Å². The van der Waals surface area contributed by atoms with Gasteiger partial charge in [0.2, 0.25) is 5.91 Å². The van der Waals surface area contributed by atoms with Gasteiger partial charge in [-0.1, -0.05) is 40.7 Å². The van der Waals surface area contributed by atoms with Gasteiger partial charge < -0.3 is 4.90 Å². The van der Waals surface area contributed by atoms with Crippen LogP contribution in [0.4, 0.5) is 0 Å². The van der Waals surface area contributed by atoms with Crippen LogP contribution in [-0.2, 0) is 4.79 Å². The molecule has 100 valence electrons. The molecule has 0 saturated heterocycles. The van der Waals surface area contributed by atoms with Gasteiger partial charge in [-0.15, -0.1) is 0 Å². The normalized spacial score (nSPS) is 10.9. The Morgan fingerprint density at radius 1 is 1.12 bits per heavy atom. The Morgan fingerprint density at radius 3 is 2.12 bits per heavy atom. The molecule has 0 rings (SSSR count). The van der Waals surface area contributed by atoms with E-state index in [4.69, 9.17) is 0 Å². The van der Waals surface area contributed by atoms with E-state index in [1.165, 1.54) is 6.42 Å². The van der Waals surface area contributed by atoms with Crippen molar-refractivity contribution in [1.82, 2.24) is 4.90 Å². The zero-order chi connectivity index (χ0) is 13.3. The van der Waals surface area contributed by atoms with Crippen molar-refractivity contribution >= 4 is 5.91 Å². The van der Waals surface area contributed by atoms with Crippen LogP contribution in [0.5, 0.6) is 0 Å². The van der Waals surface area contributed by atoms with E-state index in [1.807, 2.05) is 0 Å². The van der Waals surface area contributed by atoms with Crippen molar-refractivity contribution in [3.8, 4) is 0 Å². The fraction of sp³-hybridized carbons (Fsp3) is 0.800. The first-order valence-electron chi connectivity index (χ1n) is 6.89. The summed E-state index contributed by atoms with van der Waals surface area (Å²) in [7, 11) is 0. The highest BCUT2D eigenvalue weighted by Gasteiger charge is 2.10. The molecule has 0 aliphatic carbocycles. The van der Waals surface area contributed by atoms with Gasteiger partial charge in [0.05, 0.1) is 0 Å². The van der Waals surface area contributed by atoms with Crippen LogP contribution in [-0.4, -0.2) is 17.4 Å². The van der Waals surface area contributed by atoms with Crippen molar-refractivity contribution in [3.63, 3.8) is 0 Å². The first-order chi connectivity index (χ1) is 7.97. The van der Waals surface area contributed by atoms with E-state index in [2.05, 4.69) is 34.3 Å². The van der Waals surface area contributed by atoms with Crippen molar-refractivity contribution in [2.45, 2.75) is 59.8 Å². The summed E-state index contributed by atoms with van der Waals surface area (Å²) >= 11 is 0. The van der Waals surface area contributed by atoms with E-state index in [1.54, 1.807) is 11.1 Å². The minimum atomic E-state index is 0.226. The topological polar surface area (TPSA) is 20.3 Å². The number of rotatable bonds is 9. The van der Waals surface area contributed by atoms with Crippen molar-refractivity contribution in [1.29, 1.82) is 0 Å². The molecule has 2 heteroatoms. The molecule has 2 nitrogen and oxygen atoms in total. The number of hydrogen-bond acceptors (Lipinski definition) is 1. The third-order valence-corrected chi connectivity index (χ3v) is 2.89. The molecule has 17 heavy (non-hydrogen) atoms. The number of nitrogens with zero attached hydrogens (tertiary/aromatic N) is 1. The van der Waals surface area contributed by atoms with Crippen molar-refractivity contribution in [3.05, 3.63) is 12.8 Å². The molecule has 0 heterocycles. The minimum Gasteiger partial charge on any atom is -0.320 e. The standard InChI is InChI=1S/C15H29NO/c1-6-16(12-8-10-14(4)5)15(17)11-7-9-13(2)3/h6,13-14H,1,7-12H2,2-5H3. The third kappa shape index (κ3) is 8.96. The van der Waals surface area contributed by atoms with Gasteiger partial charge >= 0.3 is 0 Å². The Bertz CT molecular complexity index is 221. The summed E-state index contributed by atoms with van der Waals surface area (Å²) < 4.78 is 0. The largest absolute Gasteiger partial charge is 0.320 e. The highest BCUT2D eigenvalue weighted by Crippen LogP contribution is 2.10. The quantitative estimate of drug-likeness (QED) is 0.590. The maximum atomic E-state index is 11.9. The van der Waals surface area contributed by atoms with Gasteiger partial charge in [0.15, 0.2) is 0 Å². The molecule has 1 amide bonds. The second-order valence-corrected chi connectivity index (χ2v) is 5.59. The number of carbonyl (C=O) groups excluding carboxylic acids is 1. The first-order valence-corrected chi connectivity index (χ1v) is 6.89. The average molecular weight is 239 g/mol. The van der Waals surface area contributed by atoms with Gasteiger partial charge in [0.25, 0.3) is 0 Å². The van der Waals surface area contributed by atoms with Crippen LogP contribution in [0.15, 0.2) is 12.8 Å². The zero-order valence-electron chi connectivity index (χ0n) is 12.0. The van der Waals surface area contributed by atoms with E-state index in [0.717, 1.165) is 25.8 Å². The predicted octanol–water partition coefficient (Wildman–Crippen LogP) is 4.22. The number of carbonyl (C=O) groups is 1. The summed E-state index contributed by atoms with van der Waals surface area (Å²) in [6, 6.07) is 0. The Kier molecular flexibility index (Phi) is 8.83. The molecule has 0 unspecified atom stereocenters. The van der Waals surface area contributed by atoms with Crippen molar-refractivity contribution < 1.29 is 4.79 Å². The lowest BCUT2D eigenvalue weighted by molar-refractivity contribution is -0.128. The summed E-state index contributed by atoms with van der Waals surface area (Å²) in [6.45, 7) is 13.4. The van der Waals surface area contributed by atoms with Gasteiger partial charge in [0.1, 0.15) is 0 Å². The molecular weight excluding hydrogens is 210 g/mol. The molecule has 0 aromatic rings. The second kappa shape index (κ2) is 9.26. The van der Waals surface area contributed by atoms with E-state index in [9.17, 15) is 4.79 Å². The molecule has 0 radical (unpaired) electrons. The third-order valence-electron chi connectivity index (χ3n) is 2.89. The summed E-state index contributed by atoms with van der Waals surface area (Å²) in [6.07, 6.45) is 6.70. The Morgan fingerprint density at radius 2 is 1.65 bits per heavy atom.